The van der Waals surface area contributed by atoms with Gasteiger partial charge in [0.05, 0.1) is 17.7 Å². The second-order valence-electron chi connectivity index (χ2n) is 8.64. The first kappa shape index (κ1) is 22.9. The minimum Gasteiger partial charge on any atom is -0.465 e. The molecule has 1 aliphatic carbocycles. The molecule has 0 N–H and O–H groups in total. The van der Waals surface area contributed by atoms with Gasteiger partial charge in [-0.05, 0) is 60.9 Å². The normalized spacial score (nSPS) is 16.3. The van der Waals surface area contributed by atoms with Gasteiger partial charge in [-0.2, -0.15) is 0 Å². The van der Waals surface area contributed by atoms with E-state index < -0.39 is 5.97 Å². The van der Waals surface area contributed by atoms with Gasteiger partial charge in [-0.3, -0.25) is 0 Å². The maximum atomic E-state index is 12.4. The van der Waals surface area contributed by atoms with Crippen molar-refractivity contribution in [3.05, 3.63) is 81.9 Å². The Labute approximate surface area is 199 Å². The van der Waals surface area contributed by atoms with Crippen molar-refractivity contribution >= 4 is 23.7 Å². The summed E-state index contributed by atoms with van der Waals surface area (Å²) in [6.45, 7) is 1.78. The lowest BCUT2D eigenvalue weighted by Gasteiger charge is -2.49. The number of benzene rings is 2. The van der Waals surface area contributed by atoms with E-state index in [0.29, 0.717) is 17.2 Å². The van der Waals surface area contributed by atoms with E-state index in [9.17, 15) is 9.59 Å². The average Bonchev–Trinajstić information content (AvgIpc) is 2.82. The number of allylic oxidation sites excluding steroid dienone is 2. The van der Waals surface area contributed by atoms with E-state index in [1.807, 2.05) is 41.3 Å². The maximum absolute atomic E-state index is 12.4. The van der Waals surface area contributed by atoms with E-state index in [4.69, 9.17) is 21.1 Å². The molecule has 1 amide bonds. The number of hydrogen-bond acceptors (Lipinski definition) is 4. The summed E-state index contributed by atoms with van der Waals surface area (Å²) in [6, 6.07) is 14.8. The lowest BCUT2D eigenvalue weighted by atomic mass is 9.60. The summed E-state index contributed by atoms with van der Waals surface area (Å²) in [6.07, 6.45) is 5.78. The Morgan fingerprint density at radius 2 is 1.85 bits per heavy atom. The minimum atomic E-state index is -0.461. The van der Waals surface area contributed by atoms with Gasteiger partial charge in [0.15, 0.2) is 0 Å². The van der Waals surface area contributed by atoms with E-state index in [1.165, 1.54) is 12.7 Å². The van der Waals surface area contributed by atoms with Gasteiger partial charge in [0, 0.05) is 18.7 Å². The molecule has 0 unspecified atom stereocenters. The maximum Gasteiger partial charge on any atom is 0.410 e. The van der Waals surface area contributed by atoms with Crippen LogP contribution >= 0.6 is 11.6 Å². The van der Waals surface area contributed by atoms with Crippen LogP contribution in [0.1, 0.15) is 47.2 Å². The predicted octanol–water partition coefficient (Wildman–Crippen LogP) is 5.62. The van der Waals surface area contributed by atoms with Crippen molar-refractivity contribution in [3.63, 3.8) is 0 Å². The second kappa shape index (κ2) is 10.1. The smallest absolute Gasteiger partial charge is 0.410 e. The van der Waals surface area contributed by atoms with E-state index in [0.717, 1.165) is 49.9 Å². The van der Waals surface area contributed by atoms with Crippen molar-refractivity contribution in [2.45, 2.75) is 32.3 Å². The molecule has 0 atom stereocenters. The van der Waals surface area contributed by atoms with E-state index in [2.05, 4.69) is 11.8 Å². The summed E-state index contributed by atoms with van der Waals surface area (Å²) in [5, 5.41) is 0.331. The molecule has 2 aromatic carbocycles. The number of halogens is 1. The fraction of sp³-hybridized carbons (Fsp3) is 0.333. The molecule has 5 nitrogen and oxygen atoms in total. The zero-order chi connectivity index (χ0) is 23.3. The Balaban J connectivity index is 1.24. The number of piperidine rings is 1. The van der Waals surface area contributed by atoms with Crippen molar-refractivity contribution in [2.75, 3.05) is 20.2 Å². The zero-order valence-electron chi connectivity index (χ0n) is 18.6. The van der Waals surface area contributed by atoms with Gasteiger partial charge < -0.3 is 14.4 Å². The fourth-order valence-electron chi connectivity index (χ4n) is 4.43. The number of nitrogens with zero attached hydrogens (tertiary/aromatic N) is 1. The van der Waals surface area contributed by atoms with Crippen LogP contribution in [0.4, 0.5) is 4.79 Å². The van der Waals surface area contributed by atoms with E-state index in [-0.39, 0.29) is 11.5 Å². The number of esters is 1. The molecule has 4 rings (SSSR count). The van der Waals surface area contributed by atoms with Crippen LogP contribution in [0, 0.1) is 17.3 Å². The van der Waals surface area contributed by atoms with Gasteiger partial charge in [-0.15, -0.1) is 0 Å². The van der Waals surface area contributed by atoms with Crippen molar-refractivity contribution in [3.8, 4) is 11.8 Å². The topological polar surface area (TPSA) is 55.8 Å². The summed E-state index contributed by atoms with van der Waals surface area (Å²) in [5.74, 6) is 5.72. The van der Waals surface area contributed by atoms with Crippen LogP contribution in [0.3, 0.4) is 0 Å². The van der Waals surface area contributed by atoms with Crippen LogP contribution in [0.2, 0.25) is 5.02 Å². The molecule has 1 spiro atoms. The van der Waals surface area contributed by atoms with Crippen molar-refractivity contribution in [1.29, 1.82) is 0 Å². The minimum absolute atomic E-state index is 0.230. The number of carbonyl (C=O) groups excluding carboxylic acids is 2. The molecule has 6 heteroatoms. The third-order valence-corrected chi connectivity index (χ3v) is 6.67. The highest BCUT2D eigenvalue weighted by atomic mass is 35.5. The molecule has 1 aliphatic heterocycles. The first-order valence-electron chi connectivity index (χ1n) is 11.0. The lowest BCUT2D eigenvalue weighted by Crippen LogP contribution is -2.46. The summed E-state index contributed by atoms with van der Waals surface area (Å²) in [7, 11) is 1.32. The van der Waals surface area contributed by atoms with E-state index in [1.54, 1.807) is 18.2 Å². The molecule has 1 saturated heterocycles. The standard InChI is InChI=1S/C27H26ClNO4/c1-32-25(30)23-11-10-20(16-24(23)28)8-5-9-22-17-27(18-22)12-14-29(15-13-27)26(31)33-19-21-6-3-2-4-7-21/h2-4,6-7,9-11,16H,12-15,17-19H2,1H3. The Bertz CT molecular complexity index is 1110. The highest BCUT2D eigenvalue weighted by Gasteiger charge is 2.43. The number of ether oxygens (including phenoxy) is 2. The Morgan fingerprint density at radius 1 is 1.12 bits per heavy atom. The summed E-state index contributed by atoms with van der Waals surface area (Å²) >= 11 is 6.14. The number of amides is 1. The Kier molecular flexibility index (Phi) is 7.05. The Morgan fingerprint density at radius 3 is 2.52 bits per heavy atom. The number of likely N-dealkylation sites (tertiary alicyclic amines) is 1. The predicted molar refractivity (Wildman–Crippen MR) is 127 cm³/mol. The number of methoxy groups -OCH3 is 1. The molecular weight excluding hydrogens is 438 g/mol. The number of hydrogen-bond donors (Lipinski definition) is 0. The van der Waals surface area contributed by atoms with Gasteiger partial charge in [0.25, 0.3) is 0 Å². The number of carbonyl (C=O) groups is 2. The quantitative estimate of drug-likeness (QED) is 0.438. The molecule has 0 bridgehead atoms. The zero-order valence-corrected chi connectivity index (χ0v) is 19.4. The third kappa shape index (κ3) is 5.58. The fourth-order valence-corrected chi connectivity index (χ4v) is 4.69. The summed E-state index contributed by atoms with van der Waals surface area (Å²) in [5.41, 5.74) is 3.70. The molecule has 1 saturated carbocycles. The lowest BCUT2D eigenvalue weighted by molar-refractivity contribution is 0.0460. The summed E-state index contributed by atoms with van der Waals surface area (Å²) < 4.78 is 10.2. The van der Waals surface area contributed by atoms with Crippen molar-refractivity contribution < 1.29 is 19.1 Å². The largest absolute Gasteiger partial charge is 0.465 e. The van der Waals surface area contributed by atoms with Gasteiger partial charge in [-0.1, -0.05) is 59.3 Å². The highest BCUT2D eigenvalue weighted by Crippen LogP contribution is 2.52. The molecule has 0 radical (unpaired) electrons. The van der Waals surface area contributed by atoms with Crippen molar-refractivity contribution in [1.82, 2.24) is 4.90 Å². The van der Waals surface area contributed by atoms with Crippen LogP contribution in [0.5, 0.6) is 0 Å². The van der Waals surface area contributed by atoms with Crippen LogP contribution < -0.4 is 0 Å². The molecule has 170 valence electrons. The SMILES string of the molecule is COC(=O)c1ccc(C#CC=C2CC3(CCN(C(=O)OCc4ccccc4)CC3)C2)cc1Cl. The van der Waals surface area contributed by atoms with Crippen LogP contribution in [0.25, 0.3) is 0 Å². The van der Waals surface area contributed by atoms with E-state index >= 15 is 0 Å². The molecular formula is C27H26ClNO4. The molecule has 2 aromatic rings. The molecule has 1 heterocycles. The van der Waals surface area contributed by atoms with Gasteiger partial charge in [0.2, 0.25) is 0 Å². The molecule has 2 fully saturated rings. The van der Waals surface area contributed by atoms with Gasteiger partial charge in [-0.25, -0.2) is 9.59 Å². The first-order valence-corrected chi connectivity index (χ1v) is 11.4. The average molecular weight is 464 g/mol. The van der Waals surface area contributed by atoms with Gasteiger partial charge >= 0.3 is 12.1 Å². The van der Waals surface area contributed by atoms with Crippen LogP contribution in [-0.4, -0.2) is 37.2 Å². The molecule has 33 heavy (non-hydrogen) atoms. The van der Waals surface area contributed by atoms with Crippen molar-refractivity contribution in [2.24, 2.45) is 5.41 Å². The molecule has 2 aliphatic rings. The van der Waals surface area contributed by atoms with Crippen LogP contribution in [-0.2, 0) is 16.1 Å². The first-order chi connectivity index (χ1) is 16.0. The van der Waals surface area contributed by atoms with Gasteiger partial charge in [0.1, 0.15) is 6.61 Å². The number of rotatable bonds is 3. The summed E-state index contributed by atoms with van der Waals surface area (Å²) in [4.78, 5) is 25.8. The highest BCUT2D eigenvalue weighted by molar-refractivity contribution is 6.33. The molecule has 0 aromatic heterocycles. The van der Waals surface area contributed by atoms with Crippen LogP contribution in [0.15, 0.2) is 60.2 Å². The Hall–Kier alpha value is -3.23. The third-order valence-electron chi connectivity index (χ3n) is 6.36. The second-order valence-corrected chi connectivity index (χ2v) is 9.05. The monoisotopic (exact) mass is 463 g/mol.